The first-order valence-electron chi connectivity index (χ1n) is 8.73. The van der Waals surface area contributed by atoms with Gasteiger partial charge in [0.2, 0.25) is 5.91 Å². The molecule has 0 aliphatic heterocycles. The van der Waals surface area contributed by atoms with Gasteiger partial charge in [0.1, 0.15) is 11.5 Å². The van der Waals surface area contributed by atoms with Gasteiger partial charge >= 0.3 is 0 Å². The Morgan fingerprint density at radius 2 is 1.71 bits per heavy atom. The number of amides is 1. The first-order valence-corrected chi connectivity index (χ1v) is 9.11. The van der Waals surface area contributed by atoms with Crippen LogP contribution in [0.2, 0.25) is 5.02 Å². The van der Waals surface area contributed by atoms with E-state index in [-0.39, 0.29) is 5.91 Å². The molecule has 1 N–H and O–H groups in total. The fraction of sp³-hybridized carbons (Fsp3) is 0.286. The lowest BCUT2D eigenvalue weighted by Gasteiger charge is -2.12. The molecule has 0 fully saturated rings. The zero-order valence-electron chi connectivity index (χ0n) is 16.4. The number of ether oxygens (including phenoxy) is 4. The van der Waals surface area contributed by atoms with E-state index >= 15 is 0 Å². The van der Waals surface area contributed by atoms with Gasteiger partial charge in [0.05, 0.1) is 38.6 Å². The second kappa shape index (κ2) is 10.5. The lowest BCUT2D eigenvalue weighted by Crippen LogP contribution is -2.09. The lowest BCUT2D eigenvalue weighted by atomic mass is 10.2. The first kappa shape index (κ1) is 21.4. The van der Waals surface area contributed by atoms with Crippen LogP contribution in [0.5, 0.6) is 23.0 Å². The number of carbonyl (C=O) groups excluding carboxylic acids is 1. The Hall–Kier alpha value is -2.86. The van der Waals surface area contributed by atoms with Gasteiger partial charge < -0.3 is 24.3 Å². The molecule has 0 heterocycles. The molecule has 0 spiro atoms. The van der Waals surface area contributed by atoms with Gasteiger partial charge in [0, 0.05) is 12.1 Å². The number of rotatable bonds is 9. The average Bonchev–Trinajstić information content (AvgIpc) is 2.71. The van der Waals surface area contributed by atoms with Crippen LogP contribution in [0.25, 0.3) is 6.08 Å². The van der Waals surface area contributed by atoms with Gasteiger partial charge in [0.25, 0.3) is 0 Å². The van der Waals surface area contributed by atoms with Gasteiger partial charge in [-0.15, -0.1) is 0 Å². The predicted octanol–water partition coefficient (Wildman–Crippen LogP) is 4.81. The molecule has 0 atom stereocenters. The highest BCUT2D eigenvalue weighted by Crippen LogP contribution is 2.36. The molecule has 0 aromatic heterocycles. The van der Waals surface area contributed by atoms with Gasteiger partial charge in [-0.2, -0.15) is 0 Å². The highest BCUT2D eigenvalue weighted by molar-refractivity contribution is 6.32. The molecule has 0 unspecified atom stereocenters. The van der Waals surface area contributed by atoms with Crippen LogP contribution in [0.15, 0.2) is 36.4 Å². The molecule has 1 amide bonds. The van der Waals surface area contributed by atoms with Gasteiger partial charge in [0.15, 0.2) is 11.5 Å². The Labute approximate surface area is 170 Å². The van der Waals surface area contributed by atoms with Crippen LogP contribution >= 0.6 is 11.6 Å². The summed E-state index contributed by atoms with van der Waals surface area (Å²) in [7, 11) is 4.59. The quantitative estimate of drug-likeness (QED) is 0.606. The maximum Gasteiger partial charge on any atom is 0.248 e. The summed E-state index contributed by atoms with van der Waals surface area (Å²) in [6, 6.07) is 8.66. The topological polar surface area (TPSA) is 66.0 Å². The molecule has 7 heteroatoms. The van der Waals surface area contributed by atoms with Crippen molar-refractivity contribution in [2.45, 2.75) is 13.3 Å². The van der Waals surface area contributed by atoms with Crippen LogP contribution in [0, 0.1) is 0 Å². The van der Waals surface area contributed by atoms with Crippen molar-refractivity contribution in [2.75, 3.05) is 33.3 Å². The van der Waals surface area contributed by atoms with E-state index < -0.39 is 0 Å². The van der Waals surface area contributed by atoms with Crippen molar-refractivity contribution in [3.8, 4) is 23.0 Å². The maximum absolute atomic E-state index is 12.3. The molecule has 0 saturated heterocycles. The summed E-state index contributed by atoms with van der Waals surface area (Å²) in [5.74, 6) is 1.86. The molecule has 2 rings (SSSR count). The summed E-state index contributed by atoms with van der Waals surface area (Å²) in [6.45, 7) is 2.65. The van der Waals surface area contributed by atoms with E-state index in [1.54, 1.807) is 31.4 Å². The van der Waals surface area contributed by atoms with Crippen LogP contribution in [-0.2, 0) is 4.79 Å². The number of carbonyl (C=O) groups is 1. The summed E-state index contributed by atoms with van der Waals surface area (Å²) < 4.78 is 21.4. The van der Waals surface area contributed by atoms with E-state index in [0.717, 1.165) is 12.0 Å². The molecule has 2 aromatic carbocycles. The van der Waals surface area contributed by atoms with E-state index in [1.807, 2.05) is 19.1 Å². The number of benzene rings is 2. The minimum absolute atomic E-state index is 0.329. The van der Waals surface area contributed by atoms with Crippen LogP contribution in [0.4, 0.5) is 5.69 Å². The van der Waals surface area contributed by atoms with Crippen molar-refractivity contribution in [3.05, 3.63) is 47.0 Å². The summed E-state index contributed by atoms with van der Waals surface area (Å²) >= 11 is 6.12. The SMILES string of the molecule is CCCOc1ccc(/C=C/C(=O)Nc2cc(Cl)c(OC)cc2OC)cc1OC. The molecule has 28 heavy (non-hydrogen) atoms. The summed E-state index contributed by atoms with van der Waals surface area (Å²) in [6.07, 6.45) is 4.00. The molecule has 0 bridgehead atoms. The minimum Gasteiger partial charge on any atom is -0.495 e. The van der Waals surface area contributed by atoms with Crippen molar-refractivity contribution < 1.29 is 23.7 Å². The molecule has 0 aliphatic rings. The first-order chi connectivity index (χ1) is 13.5. The zero-order valence-corrected chi connectivity index (χ0v) is 17.1. The fourth-order valence-electron chi connectivity index (χ4n) is 2.42. The molecular weight excluding hydrogens is 382 g/mol. The van der Waals surface area contributed by atoms with Crippen LogP contribution in [-0.4, -0.2) is 33.8 Å². The number of hydrogen-bond acceptors (Lipinski definition) is 5. The molecule has 0 radical (unpaired) electrons. The van der Waals surface area contributed by atoms with Crippen molar-refractivity contribution in [3.63, 3.8) is 0 Å². The van der Waals surface area contributed by atoms with Gasteiger partial charge in [-0.05, 0) is 36.3 Å². The van der Waals surface area contributed by atoms with E-state index in [9.17, 15) is 4.79 Å². The average molecular weight is 406 g/mol. The molecule has 6 nitrogen and oxygen atoms in total. The minimum atomic E-state index is -0.329. The largest absolute Gasteiger partial charge is 0.495 e. The van der Waals surface area contributed by atoms with Gasteiger partial charge in [-0.3, -0.25) is 4.79 Å². The van der Waals surface area contributed by atoms with E-state index in [1.165, 1.54) is 20.3 Å². The Kier molecular flexibility index (Phi) is 8.02. The smallest absolute Gasteiger partial charge is 0.248 e. The molecular formula is C21H24ClNO5. The molecule has 0 aliphatic carbocycles. The van der Waals surface area contributed by atoms with E-state index in [0.29, 0.717) is 40.3 Å². The Balaban J connectivity index is 2.13. The standard InChI is InChI=1S/C21H24ClNO5/c1-5-10-28-17-8-6-14(11-20(17)27-4)7-9-21(24)23-16-12-15(22)18(25-2)13-19(16)26-3/h6-9,11-13H,5,10H2,1-4H3,(H,23,24)/b9-7+. The van der Waals surface area contributed by atoms with E-state index in [2.05, 4.69) is 5.32 Å². The third kappa shape index (κ3) is 5.57. The number of hydrogen-bond donors (Lipinski definition) is 1. The van der Waals surface area contributed by atoms with Crippen molar-refractivity contribution in [1.82, 2.24) is 0 Å². The van der Waals surface area contributed by atoms with Crippen molar-refractivity contribution in [2.24, 2.45) is 0 Å². The second-order valence-corrected chi connectivity index (χ2v) is 6.18. The van der Waals surface area contributed by atoms with Crippen LogP contribution in [0.1, 0.15) is 18.9 Å². The van der Waals surface area contributed by atoms with Gasteiger partial charge in [-0.1, -0.05) is 24.6 Å². The fourth-order valence-corrected chi connectivity index (χ4v) is 2.66. The van der Waals surface area contributed by atoms with Crippen LogP contribution < -0.4 is 24.3 Å². The molecule has 150 valence electrons. The monoisotopic (exact) mass is 405 g/mol. The van der Waals surface area contributed by atoms with Crippen molar-refractivity contribution in [1.29, 1.82) is 0 Å². The third-order valence-electron chi connectivity index (χ3n) is 3.81. The number of nitrogens with one attached hydrogen (secondary N) is 1. The molecule has 0 saturated carbocycles. The number of methoxy groups -OCH3 is 3. The summed E-state index contributed by atoms with van der Waals surface area (Å²) in [5.41, 5.74) is 1.25. The predicted molar refractivity (Wildman–Crippen MR) is 111 cm³/mol. The second-order valence-electron chi connectivity index (χ2n) is 5.77. The van der Waals surface area contributed by atoms with Gasteiger partial charge in [-0.25, -0.2) is 0 Å². The Bertz CT molecular complexity index is 851. The normalized spacial score (nSPS) is 10.6. The number of anilines is 1. The summed E-state index contributed by atoms with van der Waals surface area (Å²) in [5, 5.41) is 3.12. The summed E-state index contributed by atoms with van der Waals surface area (Å²) in [4.78, 5) is 12.3. The molecule has 2 aromatic rings. The highest BCUT2D eigenvalue weighted by atomic mass is 35.5. The van der Waals surface area contributed by atoms with E-state index in [4.69, 9.17) is 30.5 Å². The highest BCUT2D eigenvalue weighted by Gasteiger charge is 2.11. The van der Waals surface area contributed by atoms with Crippen molar-refractivity contribution >= 4 is 29.3 Å². The van der Waals surface area contributed by atoms with Crippen LogP contribution in [0.3, 0.4) is 0 Å². The number of halogens is 1. The lowest BCUT2D eigenvalue weighted by molar-refractivity contribution is -0.111. The third-order valence-corrected chi connectivity index (χ3v) is 4.10. The Morgan fingerprint density at radius 1 is 1.00 bits per heavy atom. The zero-order chi connectivity index (χ0) is 20.5. The Morgan fingerprint density at radius 3 is 2.36 bits per heavy atom. The maximum atomic E-state index is 12.3.